The topological polar surface area (TPSA) is 89.1 Å². The van der Waals surface area contributed by atoms with Crippen molar-refractivity contribution < 1.29 is 4.79 Å². The second-order valence-electron chi connectivity index (χ2n) is 15.9. The van der Waals surface area contributed by atoms with Gasteiger partial charge in [-0.2, -0.15) is 0 Å². The molecule has 0 bridgehead atoms. The number of benzene rings is 3. The summed E-state index contributed by atoms with van der Waals surface area (Å²) in [6.07, 6.45) is 10.1. The first-order chi connectivity index (χ1) is 29.1. The minimum absolute atomic E-state index is 0.0804. The van der Waals surface area contributed by atoms with E-state index in [1.165, 1.54) is 104 Å². The third-order valence-electron chi connectivity index (χ3n) is 11.4. The SMILES string of the molecule is CCn1c2ccc(CNCCCCCCCCCCNC(C)=O)cc2c2ccc(-c3cc(C)cs3)cc21.Cc1sc2c(c1C)C(c1ccc(Cl)cc1)=NCc1nnc(C)n1-2. The van der Waals surface area contributed by atoms with Crippen molar-refractivity contribution in [2.45, 2.75) is 113 Å². The van der Waals surface area contributed by atoms with Crippen LogP contribution in [-0.2, 0) is 24.4 Å². The van der Waals surface area contributed by atoms with Crippen LogP contribution in [0.4, 0.5) is 0 Å². The number of hydrogen-bond acceptors (Lipinski definition) is 7. The Morgan fingerprint density at radius 3 is 2.22 bits per heavy atom. The van der Waals surface area contributed by atoms with Crippen molar-refractivity contribution in [2.75, 3.05) is 13.1 Å². The minimum atomic E-state index is 0.0804. The molecule has 0 aliphatic carbocycles. The molecule has 0 fully saturated rings. The smallest absolute Gasteiger partial charge is 0.216 e. The van der Waals surface area contributed by atoms with Crippen LogP contribution in [-0.4, -0.2) is 44.0 Å². The number of aliphatic imine (C=N–C) groups is 1. The Morgan fingerprint density at radius 1 is 0.800 bits per heavy atom. The number of nitrogens with one attached hydrogen (secondary N) is 2. The van der Waals surface area contributed by atoms with Crippen molar-refractivity contribution in [1.82, 2.24) is 30.0 Å². The van der Waals surface area contributed by atoms with Crippen molar-refractivity contribution in [2.24, 2.45) is 4.99 Å². The van der Waals surface area contributed by atoms with Gasteiger partial charge in [-0.3, -0.25) is 14.4 Å². The van der Waals surface area contributed by atoms with Crippen LogP contribution in [0.3, 0.4) is 0 Å². The molecule has 5 heterocycles. The van der Waals surface area contributed by atoms with E-state index in [-0.39, 0.29) is 5.91 Å². The van der Waals surface area contributed by atoms with E-state index in [0.29, 0.717) is 6.54 Å². The van der Waals surface area contributed by atoms with E-state index in [4.69, 9.17) is 16.6 Å². The minimum Gasteiger partial charge on any atom is -0.356 e. The fourth-order valence-corrected chi connectivity index (χ4v) is 10.4. The lowest BCUT2D eigenvalue weighted by Crippen LogP contribution is -2.20. The highest BCUT2D eigenvalue weighted by Crippen LogP contribution is 2.37. The molecule has 1 amide bonds. The lowest BCUT2D eigenvalue weighted by Gasteiger charge is -2.09. The summed E-state index contributed by atoms with van der Waals surface area (Å²) in [6.45, 7) is 16.6. The summed E-state index contributed by atoms with van der Waals surface area (Å²) in [7, 11) is 0. The summed E-state index contributed by atoms with van der Waals surface area (Å²) in [5, 5.41) is 21.9. The number of aromatic nitrogens is 4. The molecule has 314 valence electrons. The number of amides is 1. The first-order valence-electron chi connectivity index (χ1n) is 21.5. The van der Waals surface area contributed by atoms with Crippen LogP contribution >= 0.6 is 34.3 Å². The zero-order chi connectivity index (χ0) is 42.2. The third kappa shape index (κ3) is 10.1. The highest BCUT2D eigenvalue weighted by atomic mass is 35.5. The van der Waals surface area contributed by atoms with E-state index in [0.717, 1.165) is 65.5 Å². The molecule has 0 spiro atoms. The second kappa shape index (κ2) is 20.3. The standard InChI is InChI=1S/C32H43N3OS.C17H15ClN4S/c1-4-35-30-16-13-26(22-33-17-11-9-7-5-6-8-10-12-18-34-25(3)36)20-29(30)28-15-14-27(21-31(28)35)32-19-24(2)23-37-32;1-9-10(2)23-17-15(9)16(12-4-6-13(18)7-5-12)19-8-14-21-20-11(3)22(14)17/h13-16,19-21,23,33H,4-12,17-18,22H2,1-3H3,(H,34,36);4-7H,8H2,1-3H3. The van der Waals surface area contributed by atoms with Gasteiger partial charge in [0, 0.05) is 74.3 Å². The number of carbonyl (C=O) groups excluding carboxylic acids is 1. The van der Waals surface area contributed by atoms with Gasteiger partial charge in [-0.25, -0.2) is 0 Å². The number of nitrogens with zero attached hydrogens (tertiary/aromatic N) is 5. The molecule has 0 unspecified atom stereocenters. The summed E-state index contributed by atoms with van der Waals surface area (Å²) >= 11 is 9.63. The number of carbonyl (C=O) groups is 1. The molecule has 7 aromatic rings. The van der Waals surface area contributed by atoms with Crippen molar-refractivity contribution >= 4 is 67.7 Å². The first kappa shape index (κ1) is 43.5. The number of hydrogen-bond donors (Lipinski definition) is 2. The summed E-state index contributed by atoms with van der Waals surface area (Å²) in [4.78, 5) is 18.3. The van der Waals surface area contributed by atoms with Gasteiger partial charge in [-0.15, -0.1) is 32.9 Å². The normalized spacial score (nSPS) is 12.2. The summed E-state index contributed by atoms with van der Waals surface area (Å²) < 4.78 is 4.58. The molecule has 11 heteroatoms. The Kier molecular flexibility index (Phi) is 14.7. The van der Waals surface area contributed by atoms with Crippen LogP contribution in [0.2, 0.25) is 5.02 Å². The number of halogens is 1. The second-order valence-corrected chi connectivity index (χ2v) is 18.5. The Labute approximate surface area is 368 Å². The largest absolute Gasteiger partial charge is 0.356 e. The van der Waals surface area contributed by atoms with Gasteiger partial charge >= 0.3 is 0 Å². The lowest BCUT2D eigenvalue weighted by atomic mass is 10.00. The Hall–Kier alpha value is -4.61. The van der Waals surface area contributed by atoms with Gasteiger partial charge in [0.1, 0.15) is 17.4 Å². The maximum atomic E-state index is 10.9. The van der Waals surface area contributed by atoms with Gasteiger partial charge in [0.25, 0.3) is 0 Å². The van der Waals surface area contributed by atoms with Gasteiger partial charge < -0.3 is 15.2 Å². The van der Waals surface area contributed by atoms with Gasteiger partial charge in [-0.1, -0.05) is 80.5 Å². The Balaban J connectivity index is 0.000000201. The highest BCUT2D eigenvalue weighted by Gasteiger charge is 2.26. The molecule has 1 aliphatic heterocycles. The number of rotatable bonds is 16. The van der Waals surface area contributed by atoms with E-state index in [2.05, 4.69) is 106 Å². The van der Waals surface area contributed by atoms with Crippen molar-refractivity contribution in [3.05, 3.63) is 121 Å². The molecule has 2 N–H and O–H groups in total. The molecule has 0 saturated carbocycles. The van der Waals surface area contributed by atoms with E-state index in [9.17, 15) is 4.79 Å². The quantitative estimate of drug-likeness (QED) is 0.0947. The summed E-state index contributed by atoms with van der Waals surface area (Å²) in [6, 6.07) is 24.1. The molecule has 4 aromatic heterocycles. The van der Waals surface area contributed by atoms with Gasteiger partial charge in [0.05, 0.1) is 5.71 Å². The third-order valence-corrected chi connectivity index (χ3v) is 14.0. The van der Waals surface area contributed by atoms with Crippen molar-refractivity contribution in [1.29, 1.82) is 0 Å². The fourth-order valence-electron chi connectivity index (χ4n) is 8.16. The van der Waals surface area contributed by atoms with Crippen LogP contribution in [0.25, 0.3) is 37.2 Å². The maximum Gasteiger partial charge on any atom is 0.216 e. The monoisotopic (exact) mass is 859 g/mol. The van der Waals surface area contributed by atoms with Crippen molar-refractivity contribution in [3.63, 3.8) is 0 Å². The van der Waals surface area contributed by atoms with Gasteiger partial charge in [0.2, 0.25) is 5.91 Å². The number of fused-ring (bicyclic) bond motifs is 6. The Morgan fingerprint density at radius 2 is 1.52 bits per heavy atom. The number of aryl methyl sites for hydroxylation is 4. The molecule has 8 nitrogen and oxygen atoms in total. The molecular formula is C49H58ClN7OS2. The zero-order valence-corrected chi connectivity index (χ0v) is 38.3. The molecule has 0 saturated heterocycles. The average Bonchev–Trinajstić information content (AvgIpc) is 3.97. The van der Waals surface area contributed by atoms with Crippen LogP contribution in [0.15, 0.2) is 77.1 Å². The Bertz CT molecular complexity index is 2590. The molecule has 1 aliphatic rings. The van der Waals surface area contributed by atoms with E-state index >= 15 is 0 Å². The highest BCUT2D eigenvalue weighted by molar-refractivity contribution is 7.15. The predicted octanol–water partition coefficient (Wildman–Crippen LogP) is 12.5. The molecule has 0 atom stereocenters. The fraction of sp³-hybridized carbons (Fsp3) is 0.388. The average molecular weight is 861 g/mol. The molecule has 60 heavy (non-hydrogen) atoms. The van der Waals surface area contributed by atoms with Crippen LogP contribution in [0.1, 0.15) is 110 Å². The van der Waals surface area contributed by atoms with Gasteiger partial charge in [0.15, 0.2) is 5.82 Å². The van der Waals surface area contributed by atoms with E-state index < -0.39 is 0 Å². The molecule has 3 aromatic carbocycles. The van der Waals surface area contributed by atoms with Crippen molar-refractivity contribution in [3.8, 4) is 15.4 Å². The molecular weight excluding hydrogens is 802 g/mol. The molecule has 8 rings (SSSR count). The lowest BCUT2D eigenvalue weighted by molar-refractivity contribution is -0.118. The van der Waals surface area contributed by atoms with Gasteiger partial charge in [-0.05, 0) is 118 Å². The van der Waals surface area contributed by atoms with Crippen LogP contribution < -0.4 is 10.6 Å². The summed E-state index contributed by atoms with van der Waals surface area (Å²) in [5.41, 5.74) is 11.2. The predicted molar refractivity (Wildman–Crippen MR) is 255 cm³/mol. The van der Waals surface area contributed by atoms with E-state index in [1.807, 2.05) is 42.5 Å². The zero-order valence-electron chi connectivity index (χ0n) is 36.0. The van der Waals surface area contributed by atoms with Crippen LogP contribution in [0.5, 0.6) is 0 Å². The van der Waals surface area contributed by atoms with Crippen LogP contribution in [0, 0.1) is 27.7 Å². The molecule has 0 radical (unpaired) electrons. The van der Waals surface area contributed by atoms with E-state index in [1.54, 1.807) is 18.3 Å². The number of unbranched alkanes of at least 4 members (excludes halogenated alkanes) is 7. The maximum absolute atomic E-state index is 10.9. The number of thiophene rings is 2. The summed E-state index contributed by atoms with van der Waals surface area (Å²) in [5.74, 6) is 1.86. The first-order valence-corrected chi connectivity index (χ1v) is 23.6.